The van der Waals surface area contributed by atoms with Gasteiger partial charge in [0.25, 0.3) is 0 Å². The number of ether oxygens (including phenoxy) is 1. The van der Waals surface area contributed by atoms with Crippen LogP contribution in [0.3, 0.4) is 0 Å². The molecular weight excluding hydrogens is 348 g/mol. The fraction of sp³-hybridized carbons (Fsp3) is 0.176. The fourth-order valence-electron chi connectivity index (χ4n) is 1.92. The number of carbonyl (C=O) groups excluding carboxylic acids is 1. The Morgan fingerprint density at radius 3 is 2.27 bits per heavy atom. The highest BCUT2D eigenvalue weighted by atomic mass is 79.9. The van der Waals surface area contributed by atoms with Crippen molar-refractivity contribution in [3.05, 3.63) is 63.6 Å². The van der Waals surface area contributed by atoms with Crippen LogP contribution in [0.2, 0.25) is 0 Å². The summed E-state index contributed by atoms with van der Waals surface area (Å²) in [6.45, 7) is 4.13. The van der Waals surface area contributed by atoms with Gasteiger partial charge in [0.2, 0.25) is 0 Å². The molecule has 0 aliphatic rings. The summed E-state index contributed by atoms with van der Waals surface area (Å²) in [4.78, 5) is 23.3. The van der Waals surface area contributed by atoms with Gasteiger partial charge in [-0.3, -0.25) is 0 Å². The molecule has 0 heterocycles. The summed E-state index contributed by atoms with van der Waals surface area (Å²) in [7, 11) is 0. The summed E-state index contributed by atoms with van der Waals surface area (Å²) in [5, 5.41) is 9.16. The average Bonchev–Trinajstić information content (AvgIpc) is 2.48. The Labute approximate surface area is 136 Å². The number of rotatable bonds is 4. The first-order valence-corrected chi connectivity index (χ1v) is 7.52. The first-order valence-electron chi connectivity index (χ1n) is 6.73. The molecule has 0 atom stereocenters. The summed E-state index contributed by atoms with van der Waals surface area (Å²) < 4.78 is 5.81. The van der Waals surface area contributed by atoms with Crippen LogP contribution in [-0.2, 0) is 0 Å². The van der Waals surface area contributed by atoms with E-state index in [1.807, 2.05) is 12.1 Å². The van der Waals surface area contributed by atoms with Gasteiger partial charge < -0.3 is 9.84 Å². The van der Waals surface area contributed by atoms with Gasteiger partial charge in [-0.05, 0) is 41.8 Å². The molecule has 2 rings (SSSR count). The first-order chi connectivity index (χ1) is 10.4. The molecule has 1 N–H and O–H groups in total. The van der Waals surface area contributed by atoms with Crippen LogP contribution in [0.5, 0.6) is 5.75 Å². The van der Waals surface area contributed by atoms with Crippen LogP contribution in [0.1, 0.15) is 46.0 Å². The number of hydrogen-bond acceptors (Lipinski definition) is 3. The maximum absolute atomic E-state index is 12.1. The van der Waals surface area contributed by atoms with Gasteiger partial charge in [0.05, 0.1) is 5.56 Å². The summed E-state index contributed by atoms with van der Waals surface area (Å²) in [5.74, 6) is -1.34. The first kappa shape index (κ1) is 16.2. The van der Waals surface area contributed by atoms with E-state index in [0.717, 1.165) is 5.56 Å². The lowest BCUT2D eigenvalue weighted by atomic mass is 10.0. The van der Waals surface area contributed by atoms with E-state index < -0.39 is 11.9 Å². The lowest BCUT2D eigenvalue weighted by Crippen LogP contribution is -2.11. The Kier molecular flexibility index (Phi) is 4.98. The Morgan fingerprint density at radius 1 is 1.09 bits per heavy atom. The van der Waals surface area contributed by atoms with Crippen molar-refractivity contribution in [2.45, 2.75) is 19.8 Å². The van der Waals surface area contributed by atoms with E-state index in [1.165, 1.54) is 12.1 Å². The molecule has 0 spiro atoms. The molecule has 114 valence electrons. The monoisotopic (exact) mass is 362 g/mol. The van der Waals surface area contributed by atoms with Crippen molar-refractivity contribution < 1.29 is 19.4 Å². The predicted molar refractivity (Wildman–Crippen MR) is 86.6 cm³/mol. The summed E-state index contributed by atoms with van der Waals surface area (Å²) in [6, 6.07) is 11.5. The number of aromatic carboxylic acids is 1. The van der Waals surface area contributed by atoms with Crippen LogP contribution in [0.25, 0.3) is 0 Å². The molecule has 0 unspecified atom stereocenters. The van der Waals surface area contributed by atoms with Gasteiger partial charge in [0, 0.05) is 4.47 Å². The highest BCUT2D eigenvalue weighted by Gasteiger charge is 2.16. The molecule has 4 nitrogen and oxygen atoms in total. The van der Waals surface area contributed by atoms with Crippen molar-refractivity contribution in [1.29, 1.82) is 0 Å². The highest BCUT2D eigenvalue weighted by molar-refractivity contribution is 9.10. The van der Waals surface area contributed by atoms with Gasteiger partial charge >= 0.3 is 11.9 Å². The number of hydrogen-bond donors (Lipinski definition) is 1. The molecule has 2 aromatic carbocycles. The fourth-order valence-corrected chi connectivity index (χ4v) is 2.28. The van der Waals surface area contributed by atoms with Crippen molar-refractivity contribution in [1.82, 2.24) is 0 Å². The molecule has 0 radical (unpaired) electrons. The largest absolute Gasteiger partial charge is 0.478 e. The van der Waals surface area contributed by atoms with Crippen molar-refractivity contribution in [3.63, 3.8) is 0 Å². The molecule has 2 aromatic rings. The molecular formula is C17H15BrO4. The third-order valence-corrected chi connectivity index (χ3v) is 3.68. The summed E-state index contributed by atoms with van der Waals surface area (Å²) in [6.07, 6.45) is 0. The normalized spacial score (nSPS) is 10.5. The number of carbonyl (C=O) groups is 2. The minimum atomic E-state index is -1.15. The molecule has 0 saturated carbocycles. The van der Waals surface area contributed by atoms with E-state index in [4.69, 9.17) is 9.84 Å². The third-order valence-electron chi connectivity index (χ3n) is 3.19. The predicted octanol–water partition coefficient (Wildman–Crippen LogP) is 4.49. The molecule has 0 saturated heterocycles. The molecule has 0 bridgehead atoms. The molecule has 22 heavy (non-hydrogen) atoms. The van der Waals surface area contributed by atoms with Crippen molar-refractivity contribution >= 4 is 27.9 Å². The van der Waals surface area contributed by atoms with Crippen LogP contribution in [-0.4, -0.2) is 17.0 Å². The zero-order chi connectivity index (χ0) is 16.3. The maximum Gasteiger partial charge on any atom is 0.343 e. The molecule has 0 aromatic heterocycles. The Hall–Kier alpha value is -2.14. The number of carboxylic acid groups (broad SMARTS) is 1. The molecule has 0 aliphatic carbocycles. The highest BCUT2D eigenvalue weighted by Crippen LogP contribution is 2.24. The second-order valence-corrected chi connectivity index (χ2v) is 6.03. The maximum atomic E-state index is 12.1. The van der Waals surface area contributed by atoms with Crippen LogP contribution in [0, 0.1) is 0 Å². The lowest BCUT2D eigenvalue weighted by molar-refractivity contribution is 0.0681. The minimum Gasteiger partial charge on any atom is -0.478 e. The van der Waals surface area contributed by atoms with Gasteiger partial charge in [-0.15, -0.1) is 0 Å². The quantitative estimate of drug-likeness (QED) is 0.642. The smallest absolute Gasteiger partial charge is 0.343 e. The van der Waals surface area contributed by atoms with Crippen LogP contribution in [0.4, 0.5) is 0 Å². The number of benzene rings is 2. The van der Waals surface area contributed by atoms with E-state index in [-0.39, 0.29) is 11.3 Å². The Morgan fingerprint density at radius 2 is 1.73 bits per heavy atom. The van der Waals surface area contributed by atoms with Gasteiger partial charge in [-0.1, -0.05) is 41.9 Å². The number of halogens is 1. The minimum absolute atomic E-state index is 0.0219. The zero-order valence-corrected chi connectivity index (χ0v) is 13.8. The van der Waals surface area contributed by atoms with Crippen LogP contribution >= 0.6 is 15.9 Å². The average molecular weight is 363 g/mol. The van der Waals surface area contributed by atoms with E-state index in [9.17, 15) is 9.59 Å². The van der Waals surface area contributed by atoms with E-state index >= 15 is 0 Å². The van der Waals surface area contributed by atoms with Crippen molar-refractivity contribution in [2.75, 3.05) is 0 Å². The SMILES string of the molecule is CC(C)c1ccc(C(=O)Oc2ccc(Br)cc2C(=O)O)cc1. The molecule has 0 aliphatic heterocycles. The summed E-state index contributed by atoms with van der Waals surface area (Å²) in [5.41, 5.74) is 1.43. The lowest BCUT2D eigenvalue weighted by Gasteiger charge is -2.09. The topological polar surface area (TPSA) is 63.6 Å². The Balaban J connectivity index is 2.23. The Bertz CT molecular complexity index is 705. The van der Waals surface area contributed by atoms with E-state index in [0.29, 0.717) is 16.0 Å². The second-order valence-electron chi connectivity index (χ2n) is 5.11. The van der Waals surface area contributed by atoms with Crippen LogP contribution < -0.4 is 4.74 Å². The standard InChI is InChI=1S/C17H15BrO4/c1-10(2)11-3-5-12(6-4-11)17(21)22-15-8-7-13(18)9-14(15)16(19)20/h3-10H,1-2H3,(H,19,20). The van der Waals surface area contributed by atoms with Crippen molar-refractivity contribution in [3.8, 4) is 5.75 Å². The number of esters is 1. The number of carboxylic acids is 1. The van der Waals surface area contributed by atoms with Crippen molar-refractivity contribution in [2.24, 2.45) is 0 Å². The molecule has 0 amide bonds. The summed E-state index contributed by atoms with van der Waals surface area (Å²) >= 11 is 3.19. The van der Waals surface area contributed by atoms with Gasteiger partial charge in [0.15, 0.2) is 0 Å². The van der Waals surface area contributed by atoms with Gasteiger partial charge in [0.1, 0.15) is 11.3 Å². The van der Waals surface area contributed by atoms with Gasteiger partial charge in [-0.25, -0.2) is 9.59 Å². The molecule has 0 fully saturated rings. The molecule has 5 heteroatoms. The van der Waals surface area contributed by atoms with E-state index in [2.05, 4.69) is 29.8 Å². The van der Waals surface area contributed by atoms with Gasteiger partial charge in [-0.2, -0.15) is 0 Å². The zero-order valence-electron chi connectivity index (χ0n) is 12.2. The second kappa shape index (κ2) is 6.75. The van der Waals surface area contributed by atoms with E-state index in [1.54, 1.807) is 18.2 Å². The third kappa shape index (κ3) is 3.74. The van der Waals surface area contributed by atoms with Crippen LogP contribution in [0.15, 0.2) is 46.9 Å².